The van der Waals surface area contributed by atoms with Gasteiger partial charge in [0, 0.05) is 6.42 Å². The van der Waals surface area contributed by atoms with Crippen LogP contribution in [-0.4, -0.2) is 42.7 Å². The molecule has 0 aromatic heterocycles. The first kappa shape index (κ1) is 13.5. The zero-order valence-electron chi connectivity index (χ0n) is 10.7. The van der Waals surface area contributed by atoms with Crippen LogP contribution in [0.25, 0.3) is 0 Å². The van der Waals surface area contributed by atoms with Gasteiger partial charge in [0.25, 0.3) is 0 Å². The highest BCUT2D eigenvalue weighted by Crippen LogP contribution is 2.20. The van der Waals surface area contributed by atoms with Gasteiger partial charge in [0.1, 0.15) is 11.3 Å². The van der Waals surface area contributed by atoms with Crippen molar-refractivity contribution in [2.45, 2.75) is 18.9 Å². The van der Waals surface area contributed by atoms with Crippen LogP contribution in [0.3, 0.4) is 0 Å². The minimum Gasteiger partial charge on any atom is -0.497 e. The van der Waals surface area contributed by atoms with Crippen LogP contribution in [0, 0.1) is 0 Å². The molecule has 1 N–H and O–H groups in total. The van der Waals surface area contributed by atoms with E-state index in [1.807, 2.05) is 24.3 Å². The van der Waals surface area contributed by atoms with Crippen LogP contribution in [0.1, 0.15) is 12.5 Å². The van der Waals surface area contributed by atoms with Crippen molar-refractivity contribution >= 4 is 5.97 Å². The minimum absolute atomic E-state index is 0.458. The van der Waals surface area contributed by atoms with Crippen LogP contribution in [0.15, 0.2) is 24.3 Å². The Morgan fingerprint density at radius 2 is 1.88 bits per heavy atom. The van der Waals surface area contributed by atoms with Crippen molar-refractivity contribution in [2.75, 3.05) is 21.2 Å². The third kappa shape index (κ3) is 2.97. The van der Waals surface area contributed by atoms with Crippen molar-refractivity contribution < 1.29 is 14.6 Å². The van der Waals surface area contributed by atoms with E-state index in [1.165, 1.54) is 0 Å². The van der Waals surface area contributed by atoms with Gasteiger partial charge in [-0.1, -0.05) is 12.1 Å². The number of hydrogen-bond donors (Lipinski definition) is 1. The van der Waals surface area contributed by atoms with E-state index >= 15 is 0 Å². The van der Waals surface area contributed by atoms with Crippen LogP contribution >= 0.6 is 0 Å². The predicted octanol–water partition coefficient (Wildman–Crippen LogP) is 1.64. The number of carboxylic acid groups (broad SMARTS) is 1. The van der Waals surface area contributed by atoms with Crippen molar-refractivity contribution in [1.82, 2.24) is 4.90 Å². The first-order valence-electron chi connectivity index (χ1n) is 5.44. The van der Waals surface area contributed by atoms with E-state index in [-0.39, 0.29) is 0 Å². The summed E-state index contributed by atoms with van der Waals surface area (Å²) in [6.45, 7) is 1.72. The number of nitrogens with zero attached hydrogens (tertiary/aromatic N) is 1. The van der Waals surface area contributed by atoms with Gasteiger partial charge < -0.3 is 9.84 Å². The molecule has 0 aliphatic heterocycles. The second-order valence-electron chi connectivity index (χ2n) is 4.50. The summed E-state index contributed by atoms with van der Waals surface area (Å²) in [5, 5.41) is 9.30. The van der Waals surface area contributed by atoms with Gasteiger partial charge in [0.2, 0.25) is 0 Å². The minimum atomic E-state index is -0.894. The maximum Gasteiger partial charge on any atom is 0.324 e. The van der Waals surface area contributed by atoms with Gasteiger partial charge in [0.15, 0.2) is 0 Å². The monoisotopic (exact) mass is 237 g/mol. The number of likely N-dealkylation sites (N-methyl/N-ethyl adjacent to an activating group) is 1. The van der Waals surface area contributed by atoms with Gasteiger partial charge >= 0.3 is 5.97 Å². The molecule has 0 spiro atoms. The molecule has 4 nitrogen and oxygen atoms in total. The fourth-order valence-corrected chi connectivity index (χ4v) is 1.57. The number of carboxylic acids is 1. The number of methoxy groups -OCH3 is 1. The fourth-order valence-electron chi connectivity index (χ4n) is 1.57. The highest BCUT2D eigenvalue weighted by atomic mass is 16.5. The Morgan fingerprint density at radius 1 is 1.35 bits per heavy atom. The molecule has 0 aliphatic rings. The van der Waals surface area contributed by atoms with Crippen LogP contribution in [-0.2, 0) is 11.2 Å². The lowest BCUT2D eigenvalue weighted by molar-refractivity contribution is -0.148. The van der Waals surface area contributed by atoms with Gasteiger partial charge in [0.05, 0.1) is 7.11 Å². The van der Waals surface area contributed by atoms with Gasteiger partial charge in [-0.2, -0.15) is 0 Å². The topological polar surface area (TPSA) is 49.8 Å². The number of rotatable bonds is 5. The molecule has 1 unspecified atom stereocenters. The van der Waals surface area contributed by atoms with E-state index in [4.69, 9.17) is 4.74 Å². The van der Waals surface area contributed by atoms with Crippen molar-refractivity contribution in [3.05, 3.63) is 29.8 Å². The molecule has 0 fully saturated rings. The number of benzene rings is 1. The van der Waals surface area contributed by atoms with Gasteiger partial charge in [-0.25, -0.2) is 0 Å². The number of ether oxygens (including phenoxy) is 1. The summed E-state index contributed by atoms with van der Waals surface area (Å²) in [5.41, 5.74) is 0.0820. The lowest BCUT2D eigenvalue weighted by Gasteiger charge is -2.32. The maximum atomic E-state index is 11.3. The molecule has 0 aliphatic carbocycles. The summed E-state index contributed by atoms with van der Waals surface area (Å²) < 4.78 is 5.07. The Balaban J connectivity index is 2.90. The quantitative estimate of drug-likeness (QED) is 0.846. The molecule has 1 atom stereocenters. The predicted molar refractivity (Wildman–Crippen MR) is 66.4 cm³/mol. The van der Waals surface area contributed by atoms with E-state index in [0.29, 0.717) is 6.42 Å². The van der Waals surface area contributed by atoms with E-state index in [9.17, 15) is 9.90 Å². The van der Waals surface area contributed by atoms with Crippen molar-refractivity contribution in [3.63, 3.8) is 0 Å². The Labute approximate surface area is 102 Å². The molecule has 1 aromatic rings. The van der Waals surface area contributed by atoms with Crippen LogP contribution in [0.2, 0.25) is 0 Å². The Kier molecular flexibility index (Phi) is 4.12. The number of aliphatic carboxylic acids is 1. The Morgan fingerprint density at radius 3 is 2.24 bits per heavy atom. The van der Waals surface area contributed by atoms with E-state index in [1.54, 1.807) is 33.0 Å². The van der Waals surface area contributed by atoms with E-state index < -0.39 is 11.5 Å². The molecule has 4 heteroatoms. The zero-order chi connectivity index (χ0) is 13.1. The summed E-state index contributed by atoms with van der Waals surface area (Å²) in [7, 11) is 5.16. The van der Waals surface area contributed by atoms with Crippen molar-refractivity contribution in [2.24, 2.45) is 0 Å². The van der Waals surface area contributed by atoms with Crippen molar-refractivity contribution in [3.8, 4) is 5.75 Å². The molecule has 0 bridgehead atoms. The zero-order valence-corrected chi connectivity index (χ0v) is 10.7. The molecule has 1 rings (SSSR count). The Hall–Kier alpha value is -1.55. The summed E-state index contributed by atoms with van der Waals surface area (Å²) in [6, 6.07) is 7.47. The van der Waals surface area contributed by atoms with Gasteiger partial charge in [-0.3, -0.25) is 9.69 Å². The van der Waals surface area contributed by atoms with Crippen LogP contribution < -0.4 is 4.74 Å². The van der Waals surface area contributed by atoms with Crippen LogP contribution in [0.5, 0.6) is 5.75 Å². The van der Waals surface area contributed by atoms with Gasteiger partial charge in [-0.05, 0) is 38.7 Å². The standard InChI is InChI=1S/C13H19NO3/c1-13(12(15)16,14(2)3)9-10-5-7-11(17-4)8-6-10/h5-8H,9H2,1-4H3,(H,15,16). The summed E-state index contributed by atoms with van der Waals surface area (Å²) in [4.78, 5) is 13.0. The smallest absolute Gasteiger partial charge is 0.324 e. The molecule has 94 valence electrons. The third-order valence-electron chi connectivity index (χ3n) is 3.16. The van der Waals surface area contributed by atoms with Crippen molar-refractivity contribution in [1.29, 1.82) is 0 Å². The van der Waals surface area contributed by atoms with E-state index in [0.717, 1.165) is 11.3 Å². The average molecular weight is 237 g/mol. The normalized spacial score (nSPS) is 14.4. The lowest BCUT2D eigenvalue weighted by Crippen LogP contribution is -2.50. The van der Waals surface area contributed by atoms with Gasteiger partial charge in [-0.15, -0.1) is 0 Å². The molecule has 0 radical (unpaired) electrons. The molecule has 0 heterocycles. The Bertz CT molecular complexity index is 386. The summed E-state index contributed by atoms with van der Waals surface area (Å²) in [5.74, 6) is -0.0473. The highest BCUT2D eigenvalue weighted by Gasteiger charge is 2.35. The molecule has 1 aromatic carbocycles. The molecular formula is C13H19NO3. The second-order valence-corrected chi connectivity index (χ2v) is 4.50. The largest absolute Gasteiger partial charge is 0.497 e. The maximum absolute atomic E-state index is 11.3. The highest BCUT2D eigenvalue weighted by molar-refractivity contribution is 5.78. The lowest BCUT2D eigenvalue weighted by atomic mass is 9.92. The first-order valence-corrected chi connectivity index (χ1v) is 5.44. The summed E-state index contributed by atoms with van der Waals surface area (Å²) in [6.07, 6.45) is 0.458. The first-order chi connectivity index (χ1) is 7.90. The number of hydrogen-bond acceptors (Lipinski definition) is 3. The average Bonchev–Trinajstić information content (AvgIpc) is 2.29. The fraction of sp³-hybridized carbons (Fsp3) is 0.462. The third-order valence-corrected chi connectivity index (χ3v) is 3.16. The second kappa shape index (κ2) is 5.19. The molecular weight excluding hydrogens is 218 g/mol. The molecule has 0 amide bonds. The SMILES string of the molecule is COc1ccc(CC(C)(C(=O)O)N(C)C)cc1. The summed E-state index contributed by atoms with van der Waals surface area (Å²) >= 11 is 0. The van der Waals surface area contributed by atoms with E-state index in [2.05, 4.69) is 0 Å². The molecule has 17 heavy (non-hydrogen) atoms. The van der Waals surface area contributed by atoms with Crippen LogP contribution in [0.4, 0.5) is 0 Å². The molecule has 0 saturated heterocycles. The number of carbonyl (C=O) groups is 1. The molecule has 0 saturated carbocycles.